The maximum Gasteiger partial charge on any atom is 0.122 e. The van der Waals surface area contributed by atoms with E-state index in [0.29, 0.717) is 0 Å². The first kappa shape index (κ1) is 12.6. The van der Waals surface area contributed by atoms with Crippen molar-refractivity contribution in [2.75, 3.05) is 7.11 Å². The van der Waals surface area contributed by atoms with Gasteiger partial charge in [-0.15, -0.1) is 0 Å². The fourth-order valence-electron chi connectivity index (χ4n) is 1.84. The van der Waals surface area contributed by atoms with E-state index in [1.54, 1.807) is 7.11 Å². The van der Waals surface area contributed by atoms with Gasteiger partial charge in [0.2, 0.25) is 0 Å². The summed E-state index contributed by atoms with van der Waals surface area (Å²) in [4.78, 5) is 4.29. The Morgan fingerprint density at radius 3 is 2.94 bits per heavy atom. The van der Waals surface area contributed by atoms with Crippen molar-refractivity contribution < 1.29 is 4.74 Å². The Hall–Kier alpha value is -1.81. The molecule has 4 nitrogen and oxygen atoms in total. The molecule has 0 fully saturated rings. The lowest BCUT2D eigenvalue weighted by molar-refractivity contribution is 0.413. The van der Waals surface area contributed by atoms with Crippen molar-refractivity contribution in [3.05, 3.63) is 48.0 Å². The number of nitrogens with zero attached hydrogens (tertiary/aromatic N) is 2. The number of rotatable bonds is 5. The molecule has 0 radical (unpaired) electrons. The van der Waals surface area contributed by atoms with Crippen LogP contribution in [0.3, 0.4) is 0 Å². The molecule has 18 heavy (non-hydrogen) atoms. The van der Waals surface area contributed by atoms with Crippen LogP contribution in [-0.4, -0.2) is 16.7 Å². The minimum atomic E-state index is 0.261. The van der Waals surface area contributed by atoms with Crippen LogP contribution < -0.4 is 10.1 Å². The van der Waals surface area contributed by atoms with Gasteiger partial charge in [-0.1, -0.05) is 12.1 Å². The van der Waals surface area contributed by atoms with Crippen molar-refractivity contribution in [3.8, 4) is 5.75 Å². The SMILES string of the molecule is COc1cccc([C@@H](C)NCc2nccn2C)c1. The first-order valence-corrected chi connectivity index (χ1v) is 6.04. The van der Waals surface area contributed by atoms with Gasteiger partial charge in [0.05, 0.1) is 13.7 Å². The average Bonchev–Trinajstić information content (AvgIpc) is 2.81. The van der Waals surface area contributed by atoms with Crippen LogP contribution in [0.5, 0.6) is 5.75 Å². The number of hydrogen-bond donors (Lipinski definition) is 1. The van der Waals surface area contributed by atoms with Crippen molar-refractivity contribution in [2.45, 2.75) is 19.5 Å². The molecule has 0 bridgehead atoms. The molecule has 1 atom stereocenters. The molecule has 0 spiro atoms. The van der Waals surface area contributed by atoms with Crippen LogP contribution in [0, 0.1) is 0 Å². The van der Waals surface area contributed by atoms with Gasteiger partial charge in [-0.3, -0.25) is 0 Å². The van der Waals surface area contributed by atoms with Gasteiger partial charge in [-0.05, 0) is 24.6 Å². The normalized spacial score (nSPS) is 12.4. The van der Waals surface area contributed by atoms with Crippen molar-refractivity contribution in [1.82, 2.24) is 14.9 Å². The summed E-state index contributed by atoms with van der Waals surface area (Å²) in [6.07, 6.45) is 3.76. The number of benzene rings is 1. The largest absolute Gasteiger partial charge is 0.497 e. The minimum absolute atomic E-state index is 0.261. The highest BCUT2D eigenvalue weighted by atomic mass is 16.5. The van der Waals surface area contributed by atoms with Crippen LogP contribution in [0.4, 0.5) is 0 Å². The second kappa shape index (κ2) is 5.69. The van der Waals surface area contributed by atoms with Crippen LogP contribution >= 0.6 is 0 Å². The summed E-state index contributed by atoms with van der Waals surface area (Å²) in [6, 6.07) is 8.37. The zero-order chi connectivity index (χ0) is 13.0. The summed E-state index contributed by atoms with van der Waals surface area (Å²) < 4.78 is 7.25. The van der Waals surface area contributed by atoms with E-state index in [1.807, 2.05) is 36.1 Å². The summed E-state index contributed by atoms with van der Waals surface area (Å²) in [5, 5.41) is 3.45. The quantitative estimate of drug-likeness (QED) is 0.878. The number of imidazole rings is 1. The molecule has 1 heterocycles. The summed E-state index contributed by atoms with van der Waals surface area (Å²) in [5.41, 5.74) is 1.21. The molecular formula is C14H19N3O. The number of hydrogen-bond acceptors (Lipinski definition) is 3. The van der Waals surface area contributed by atoms with E-state index in [4.69, 9.17) is 4.74 Å². The van der Waals surface area contributed by atoms with Crippen LogP contribution in [0.25, 0.3) is 0 Å². The average molecular weight is 245 g/mol. The van der Waals surface area contributed by atoms with Crippen molar-refractivity contribution in [3.63, 3.8) is 0 Å². The van der Waals surface area contributed by atoms with E-state index < -0.39 is 0 Å². The van der Waals surface area contributed by atoms with E-state index >= 15 is 0 Å². The lowest BCUT2D eigenvalue weighted by Crippen LogP contribution is -2.20. The highest BCUT2D eigenvalue weighted by molar-refractivity contribution is 5.30. The van der Waals surface area contributed by atoms with Gasteiger partial charge < -0.3 is 14.6 Å². The molecule has 0 unspecified atom stereocenters. The Morgan fingerprint density at radius 2 is 2.28 bits per heavy atom. The summed E-state index contributed by atoms with van der Waals surface area (Å²) in [6.45, 7) is 2.89. The molecule has 1 aromatic heterocycles. The van der Waals surface area contributed by atoms with Gasteiger partial charge in [0.15, 0.2) is 0 Å². The second-order valence-corrected chi connectivity index (χ2v) is 4.33. The zero-order valence-corrected chi connectivity index (χ0v) is 11.1. The molecular weight excluding hydrogens is 226 g/mol. The Kier molecular flexibility index (Phi) is 3.99. The van der Waals surface area contributed by atoms with E-state index in [9.17, 15) is 0 Å². The highest BCUT2D eigenvalue weighted by Crippen LogP contribution is 2.18. The van der Waals surface area contributed by atoms with E-state index in [-0.39, 0.29) is 6.04 Å². The summed E-state index contributed by atoms with van der Waals surface area (Å²) in [7, 11) is 3.69. The van der Waals surface area contributed by atoms with Gasteiger partial charge in [-0.2, -0.15) is 0 Å². The Bertz CT molecular complexity index is 507. The molecule has 2 rings (SSSR count). The standard InChI is InChI=1S/C14H19N3O/c1-11(12-5-4-6-13(9-12)18-3)16-10-14-15-7-8-17(14)2/h4-9,11,16H,10H2,1-3H3/t11-/m1/s1. The number of methoxy groups -OCH3 is 1. The fourth-order valence-corrected chi connectivity index (χ4v) is 1.84. The summed E-state index contributed by atoms with van der Waals surface area (Å²) in [5.74, 6) is 1.92. The van der Waals surface area contributed by atoms with Crippen LogP contribution in [-0.2, 0) is 13.6 Å². The molecule has 0 aliphatic heterocycles. The number of nitrogens with one attached hydrogen (secondary N) is 1. The van der Waals surface area contributed by atoms with Crippen molar-refractivity contribution in [1.29, 1.82) is 0 Å². The third-order valence-corrected chi connectivity index (χ3v) is 3.08. The molecule has 96 valence electrons. The first-order chi connectivity index (χ1) is 8.70. The highest BCUT2D eigenvalue weighted by Gasteiger charge is 2.07. The van der Waals surface area contributed by atoms with Gasteiger partial charge in [0.25, 0.3) is 0 Å². The molecule has 4 heteroatoms. The molecule has 0 aliphatic rings. The number of ether oxygens (including phenoxy) is 1. The summed E-state index contributed by atoms with van der Waals surface area (Å²) >= 11 is 0. The topological polar surface area (TPSA) is 39.1 Å². The number of aromatic nitrogens is 2. The van der Waals surface area contributed by atoms with Crippen LogP contribution in [0.2, 0.25) is 0 Å². The molecule has 0 amide bonds. The molecule has 1 N–H and O–H groups in total. The first-order valence-electron chi connectivity index (χ1n) is 6.04. The smallest absolute Gasteiger partial charge is 0.122 e. The van der Waals surface area contributed by atoms with Gasteiger partial charge in [0.1, 0.15) is 11.6 Å². The molecule has 2 aromatic rings. The van der Waals surface area contributed by atoms with Gasteiger partial charge >= 0.3 is 0 Å². The molecule has 0 saturated carbocycles. The van der Waals surface area contributed by atoms with Crippen LogP contribution in [0.15, 0.2) is 36.7 Å². The molecule has 1 aromatic carbocycles. The third kappa shape index (κ3) is 2.90. The second-order valence-electron chi connectivity index (χ2n) is 4.33. The van der Waals surface area contributed by atoms with E-state index in [0.717, 1.165) is 18.1 Å². The lowest BCUT2D eigenvalue weighted by atomic mass is 10.1. The van der Waals surface area contributed by atoms with Gasteiger partial charge in [0, 0.05) is 25.5 Å². The van der Waals surface area contributed by atoms with Gasteiger partial charge in [-0.25, -0.2) is 4.98 Å². The van der Waals surface area contributed by atoms with Crippen molar-refractivity contribution >= 4 is 0 Å². The lowest BCUT2D eigenvalue weighted by Gasteiger charge is -2.15. The maximum absolute atomic E-state index is 5.23. The third-order valence-electron chi connectivity index (χ3n) is 3.08. The van der Waals surface area contributed by atoms with E-state index in [1.165, 1.54) is 5.56 Å². The predicted molar refractivity (Wildman–Crippen MR) is 71.5 cm³/mol. The Morgan fingerprint density at radius 1 is 1.44 bits per heavy atom. The Balaban J connectivity index is 1.99. The maximum atomic E-state index is 5.23. The molecule has 0 aliphatic carbocycles. The molecule has 0 saturated heterocycles. The van der Waals surface area contributed by atoms with Crippen molar-refractivity contribution in [2.24, 2.45) is 7.05 Å². The van der Waals surface area contributed by atoms with E-state index in [2.05, 4.69) is 29.4 Å². The monoisotopic (exact) mass is 245 g/mol. The predicted octanol–water partition coefficient (Wildman–Crippen LogP) is 2.28. The number of aryl methyl sites for hydroxylation is 1. The minimum Gasteiger partial charge on any atom is -0.497 e. The Labute approximate surface area is 108 Å². The fraction of sp³-hybridized carbons (Fsp3) is 0.357. The zero-order valence-electron chi connectivity index (χ0n) is 11.1. The van der Waals surface area contributed by atoms with Crippen LogP contribution in [0.1, 0.15) is 24.4 Å².